The molecule has 0 spiro atoms. The first-order chi connectivity index (χ1) is 7.33. The SMILES string of the molecule is CC(=O)O.O=C(O)C1(C(=O)O)CCCCC1. The van der Waals surface area contributed by atoms with Gasteiger partial charge < -0.3 is 15.3 Å². The molecule has 0 aliphatic heterocycles. The van der Waals surface area contributed by atoms with E-state index in [1.54, 1.807) is 0 Å². The summed E-state index contributed by atoms with van der Waals surface area (Å²) in [7, 11) is 0. The molecule has 0 unspecified atom stereocenters. The Morgan fingerprint density at radius 1 is 0.875 bits per heavy atom. The van der Waals surface area contributed by atoms with E-state index in [1.807, 2.05) is 0 Å². The van der Waals surface area contributed by atoms with Crippen LogP contribution in [0.5, 0.6) is 0 Å². The minimum absolute atomic E-state index is 0.275. The van der Waals surface area contributed by atoms with Crippen LogP contribution >= 0.6 is 0 Å². The Balaban J connectivity index is 0.000000487. The molecule has 0 atom stereocenters. The first kappa shape index (κ1) is 14.4. The minimum Gasteiger partial charge on any atom is -0.481 e. The Labute approximate surface area is 92.9 Å². The van der Waals surface area contributed by atoms with Crippen LogP contribution in [-0.2, 0) is 14.4 Å². The second-order valence-electron chi connectivity index (χ2n) is 3.77. The van der Waals surface area contributed by atoms with Crippen LogP contribution < -0.4 is 0 Å². The van der Waals surface area contributed by atoms with Gasteiger partial charge in [-0.25, -0.2) is 0 Å². The normalized spacial score (nSPS) is 17.8. The van der Waals surface area contributed by atoms with Crippen molar-refractivity contribution in [2.75, 3.05) is 0 Å². The molecular formula is C10H16O6. The van der Waals surface area contributed by atoms with Crippen LogP contribution in [0, 0.1) is 5.41 Å². The van der Waals surface area contributed by atoms with Crippen molar-refractivity contribution in [3.63, 3.8) is 0 Å². The zero-order valence-electron chi connectivity index (χ0n) is 9.10. The van der Waals surface area contributed by atoms with Gasteiger partial charge in [0.25, 0.3) is 5.97 Å². The lowest BCUT2D eigenvalue weighted by atomic mass is 9.74. The largest absolute Gasteiger partial charge is 0.481 e. The summed E-state index contributed by atoms with van der Waals surface area (Å²) >= 11 is 0. The molecule has 6 nitrogen and oxygen atoms in total. The number of carbonyl (C=O) groups is 3. The zero-order chi connectivity index (χ0) is 12.8. The highest BCUT2D eigenvalue weighted by molar-refractivity contribution is 5.98. The lowest BCUT2D eigenvalue weighted by Gasteiger charge is -2.28. The average molecular weight is 232 g/mol. The fourth-order valence-electron chi connectivity index (χ4n) is 1.67. The zero-order valence-corrected chi connectivity index (χ0v) is 9.10. The van der Waals surface area contributed by atoms with Crippen molar-refractivity contribution in [3.05, 3.63) is 0 Å². The third-order valence-electron chi connectivity index (χ3n) is 2.53. The lowest BCUT2D eigenvalue weighted by Crippen LogP contribution is -2.40. The maximum absolute atomic E-state index is 10.7. The Kier molecular flexibility index (Phi) is 5.49. The van der Waals surface area contributed by atoms with Gasteiger partial charge in [0.2, 0.25) is 0 Å². The molecular weight excluding hydrogens is 216 g/mol. The quantitative estimate of drug-likeness (QED) is 0.616. The summed E-state index contributed by atoms with van der Waals surface area (Å²) < 4.78 is 0. The second kappa shape index (κ2) is 6.09. The van der Waals surface area contributed by atoms with Gasteiger partial charge in [-0.2, -0.15) is 0 Å². The van der Waals surface area contributed by atoms with E-state index >= 15 is 0 Å². The molecule has 0 aromatic carbocycles. The van der Waals surface area contributed by atoms with Gasteiger partial charge in [0, 0.05) is 6.92 Å². The standard InChI is InChI=1S/C8H12O4.C2H4O2/c9-6(10)8(7(11)12)4-2-1-3-5-8;1-2(3)4/h1-5H2,(H,9,10)(H,11,12);1H3,(H,3,4). The topological polar surface area (TPSA) is 112 Å². The van der Waals surface area contributed by atoms with Gasteiger partial charge in [-0.1, -0.05) is 19.3 Å². The number of rotatable bonds is 2. The van der Waals surface area contributed by atoms with Crippen molar-refractivity contribution in [1.82, 2.24) is 0 Å². The molecule has 92 valence electrons. The summed E-state index contributed by atoms with van der Waals surface area (Å²) in [6, 6.07) is 0. The molecule has 1 saturated carbocycles. The van der Waals surface area contributed by atoms with Gasteiger partial charge >= 0.3 is 11.9 Å². The molecule has 1 rings (SSSR count). The second-order valence-corrected chi connectivity index (χ2v) is 3.77. The molecule has 6 heteroatoms. The predicted molar refractivity (Wildman–Crippen MR) is 54.1 cm³/mol. The molecule has 1 fully saturated rings. The van der Waals surface area contributed by atoms with Gasteiger partial charge in [0.05, 0.1) is 0 Å². The summed E-state index contributed by atoms with van der Waals surface area (Å²) in [6.07, 6.45) is 2.91. The van der Waals surface area contributed by atoms with E-state index in [-0.39, 0.29) is 12.8 Å². The highest BCUT2D eigenvalue weighted by Gasteiger charge is 2.46. The highest BCUT2D eigenvalue weighted by atomic mass is 16.4. The molecule has 0 aromatic heterocycles. The van der Waals surface area contributed by atoms with E-state index in [9.17, 15) is 9.59 Å². The molecule has 0 aromatic rings. The van der Waals surface area contributed by atoms with E-state index in [1.165, 1.54) is 0 Å². The fraction of sp³-hybridized carbons (Fsp3) is 0.700. The van der Waals surface area contributed by atoms with E-state index in [0.29, 0.717) is 12.8 Å². The van der Waals surface area contributed by atoms with Crippen LogP contribution in [0.1, 0.15) is 39.0 Å². The first-order valence-corrected chi connectivity index (χ1v) is 4.99. The van der Waals surface area contributed by atoms with Gasteiger partial charge in [-0.15, -0.1) is 0 Å². The Morgan fingerprint density at radius 2 is 1.19 bits per heavy atom. The lowest BCUT2D eigenvalue weighted by molar-refractivity contribution is -0.167. The Hall–Kier alpha value is -1.59. The van der Waals surface area contributed by atoms with Gasteiger partial charge in [-0.3, -0.25) is 14.4 Å². The molecule has 0 saturated heterocycles. The number of carboxylic acids is 3. The third-order valence-corrected chi connectivity index (χ3v) is 2.53. The first-order valence-electron chi connectivity index (χ1n) is 4.99. The molecule has 0 amide bonds. The van der Waals surface area contributed by atoms with Crippen LogP contribution in [0.4, 0.5) is 0 Å². The summed E-state index contributed by atoms with van der Waals surface area (Å²) in [5.41, 5.74) is -1.49. The van der Waals surface area contributed by atoms with Crippen molar-refractivity contribution < 1.29 is 29.7 Å². The number of hydrogen-bond donors (Lipinski definition) is 3. The van der Waals surface area contributed by atoms with Gasteiger partial charge in [0.15, 0.2) is 5.41 Å². The number of hydrogen-bond acceptors (Lipinski definition) is 3. The van der Waals surface area contributed by atoms with Crippen LogP contribution in [0.3, 0.4) is 0 Å². The van der Waals surface area contributed by atoms with Crippen molar-refractivity contribution >= 4 is 17.9 Å². The van der Waals surface area contributed by atoms with E-state index in [0.717, 1.165) is 13.3 Å². The van der Waals surface area contributed by atoms with Crippen LogP contribution in [0.15, 0.2) is 0 Å². The van der Waals surface area contributed by atoms with E-state index < -0.39 is 23.3 Å². The van der Waals surface area contributed by atoms with Crippen LogP contribution in [-0.4, -0.2) is 33.2 Å². The summed E-state index contributed by atoms with van der Waals surface area (Å²) in [5.74, 6) is -3.20. The highest BCUT2D eigenvalue weighted by Crippen LogP contribution is 2.36. The fourth-order valence-corrected chi connectivity index (χ4v) is 1.67. The van der Waals surface area contributed by atoms with E-state index in [2.05, 4.69) is 0 Å². The van der Waals surface area contributed by atoms with Crippen molar-refractivity contribution in [2.24, 2.45) is 5.41 Å². The van der Waals surface area contributed by atoms with Gasteiger partial charge in [0.1, 0.15) is 0 Å². The van der Waals surface area contributed by atoms with Crippen molar-refractivity contribution in [3.8, 4) is 0 Å². The maximum Gasteiger partial charge on any atom is 0.321 e. The molecule has 1 aliphatic rings. The molecule has 1 aliphatic carbocycles. The molecule has 3 N–H and O–H groups in total. The summed E-state index contributed by atoms with van der Waals surface area (Å²) in [6.45, 7) is 1.08. The average Bonchev–Trinajstić information content (AvgIpc) is 2.17. The Bertz CT molecular complexity index is 257. The minimum atomic E-state index is -1.49. The molecule has 16 heavy (non-hydrogen) atoms. The smallest absolute Gasteiger partial charge is 0.321 e. The monoisotopic (exact) mass is 232 g/mol. The van der Waals surface area contributed by atoms with Crippen LogP contribution in [0.25, 0.3) is 0 Å². The molecule has 0 heterocycles. The third kappa shape index (κ3) is 3.88. The number of aliphatic carboxylic acids is 3. The van der Waals surface area contributed by atoms with E-state index in [4.69, 9.17) is 20.1 Å². The number of carboxylic acid groups (broad SMARTS) is 3. The van der Waals surface area contributed by atoms with Crippen molar-refractivity contribution in [2.45, 2.75) is 39.0 Å². The maximum atomic E-state index is 10.7. The van der Waals surface area contributed by atoms with Gasteiger partial charge in [-0.05, 0) is 12.8 Å². The van der Waals surface area contributed by atoms with Crippen molar-refractivity contribution in [1.29, 1.82) is 0 Å². The Morgan fingerprint density at radius 3 is 1.38 bits per heavy atom. The van der Waals surface area contributed by atoms with Crippen LogP contribution in [0.2, 0.25) is 0 Å². The summed E-state index contributed by atoms with van der Waals surface area (Å²) in [4.78, 5) is 30.5. The summed E-state index contributed by atoms with van der Waals surface area (Å²) in [5, 5.41) is 25.0. The molecule has 0 bridgehead atoms. The molecule has 0 radical (unpaired) electrons. The predicted octanol–water partition coefficient (Wildman–Crippen LogP) is 1.20.